The van der Waals surface area contributed by atoms with Gasteiger partial charge in [0, 0.05) is 16.8 Å². The van der Waals surface area contributed by atoms with Gasteiger partial charge in [-0.2, -0.15) is 5.10 Å². The Balaban J connectivity index is 1.58. The molecule has 3 aromatic carbocycles. The highest BCUT2D eigenvalue weighted by molar-refractivity contribution is 7.91. The first-order valence-corrected chi connectivity index (χ1v) is 12.6. The van der Waals surface area contributed by atoms with Gasteiger partial charge in [0.25, 0.3) is 5.91 Å². The largest absolute Gasteiger partial charge is 0.364 e. The first-order valence-electron chi connectivity index (χ1n) is 11.0. The number of aryl methyl sites for hydroxylation is 2. The molecule has 3 N–H and O–H groups in total. The van der Waals surface area contributed by atoms with Crippen LogP contribution >= 0.6 is 0 Å². The summed E-state index contributed by atoms with van der Waals surface area (Å²) in [4.78, 5) is 12.2. The zero-order valence-electron chi connectivity index (χ0n) is 18.7. The number of sulfonamides is 1. The molecule has 0 saturated heterocycles. The minimum Gasteiger partial charge on any atom is -0.364 e. The Morgan fingerprint density at radius 1 is 1.03 bits per heavy atom. The van der Waals surface area contributed by atoms with Crippen molar-refractivity contribution in [1.29, 1.82) is 0 Å². The van der Waals surface area contributed by atoms with Gasteiger partial charge in [-0.15, -0.1) is 0 Å². The number of hydrogen-bond acceptors (Lipinski definition) is 4. The molecule has 0 aliphatic heterocycles. The number of carbonyl (C=O) groups is 1. The van der Waals surface area contributed by atoms with Gasteiger partial charge >= 0.3 is 0 Å². The maximum atomic E-state index is 12.8. The van der Waals surface area contributed by atoms with Crippen molar-refractivity contribution in [3.63, 3.8) is 0 Å². The van der Waals surface area contributed by atoms with Crippen molar-refractivity contribution in [1.82, 2.24) is 9.78 Å². The van der Waals surface area contributed by atoms with Crippen LogP contribution in [0, 0.1) is 6.92 Å². The topological polar surface area (TPSA) is 107 Å². The van der Waals surface area contributed by atoms with Crippen molar-refractivity contribution in [3.05, 3.63) is 101 Å². The molecule has 7 nitrogen and oxygen atoms in total. The molecule has 34 heavy (non-hydrogen) atoms. The van der Waals surface area contributed by atoms with E-state index in [0.717, 1.165) is 33.6 Å². The zero-order chi connectivity index (χ0) is 23.9. The van der Waals surface area contributed by atoms with E-state index >= 15 is 0 Å². The summed E-state index contributed by atoms with van der Waals surface area (Å²) in [6.45, 7) is 2.00. The number of rotatable bonds is 6. The molecule has 172 valence electrons. The highest BCUT2D eigenvalue weighted by Gasteiger charge is 2.28. The molecule has 1 aliphatic rings. The molecule has 0 spiro atoms. The van der Waals surface area contributed by atoms with Crippen LogP contribution in [0.15, 0.2) is 72.8 Å². The van der Waals surface area contributed by atoms with Gasteiger partial charge in [0.1, 0.15) is 0 Å². The molecule has 5 rings (SSSR count). The Bertz CT molecular complexity index is 1490. The number of aromatic nitrogens is 2. The van der Waals surface area contributed by atoms with Gasteiger partial charge < -0.3 is 5.73 Å². The van der Waals surface area contributed by atoms with Crippen molar-refractivity contribution in [3.8, 4) is 16.9 Å². The molecule has 4 aromatic rings. The zero-order valence-corrected chi connectivity index (χ0v) is 19.5. The molecule has 1 heterocycles. The van der Waals surface area contributed by atoms with Crippen LogP contribution in [0.25, 0.3) is 16.9 Å². The molecule has 0 fully saturated rings. The molecular weight excluding hydrogens is 448 g/mol. The number of hydrogen-bond donors (Lipinski definition) is 2. The van der Waals surface area contributed by atoms with Crippen molar-refractivity contribution in [2.24, 2.45) is 5.73 Å². The van der Waals surface area contributed by atoms with Gasteiger partial charge in [-0.1, -0.05) is 54.1 Å². The molecule has 0 radical (unpaired) electrons. The van der Waals surface area contributed by atoms with Crippen LogP contribution in [0.1, 0.15) is 32.7 Å². The van der Waals surface area contributed by atoms with E-state index in [2.05, 4.69) is 9.82 Å². The van der Waals surface area contributed by atoms with E-state index in [0.29, 0.717) is 24.1 Å². The Kier molecular flexibility index (Phi) is 5.45. The van der Waals surface area contributed by atoms with Gasteiger partial charge in [0.15, 0.2) is 5.69 Å². The summed E-state index contributed by atoms with van der Waals surface area (Å²) in [7, 11) is -3.61. The number of primary amides is 1. The van der Waals surface area contributed by atoms with E-state index < -0.39 is 15.9 Å². The van der Waals surface area contributed by atoms with Crippen LogP contribution in [0.3, 0.4) is 0 Å². The summed E-state index contributed by atoms with van der Waals surface area (Å²) >= 11 is 0. The fourth-order valence-electron chi connectivity index (χ4n) is 4.38. The van der Waals surface area contributed by atoms with Gasteiger partial charge in [-0.25, -0.2) is 13.1 Å². The second-order valence-corrected chi connectivity index (χ2v) is 10.2. The number of carbonyl (C=O) groups excluding carboxylic acids is 1. The second-order valence-electron chi connectivity index (χ2n) is 8.51. The first-order chi connectivity index (χ1) is 16.3. The van der Waals surface area contributed by atoms with E-state index in [1.165, 1.54) is 0 Å². The Hall–Kier alpha value is -3.91. The highest BCUT2D eigenvalue weighted by Crippen LogP contribution is 2.38. The van der Waals surface area contributed by atoms with Crippen LogP contribution < -0.4 is 10.5 Å². The molecule has 8 heteroatoms. The number of nitrogens with zero attached hydrogens (tertiary/aromatic N) is 2. The average Bonchev–Trinajstić information content (AvgIpc) is 3.20. The number of nitrogens with one attached hydrogen (secondary N) is 1. The maximum Gasteiger partial charge on any atom is 0.269 e. The number of amides is 1. The minimum absolute atomic E-state index is 0.122. The van der Waals surface area contributed by atoms with Gasteiger partial charge in [0.05, 0.1) is 17.1 Å². The van der Waals surface area contributed by atoms with Crippen molar-refractivity contribution >= 4 is 21.6 Å². The van der Waals surface area contributed by atoms with Gasteiger partial charge in [-0.05, 0) is 55.2 Å². The molecule has 0 atom stereocenters. The lowest BCUT2D eigenvalue weighted by Crippen LogP contribution is -2.16. The third-order valence-corrected chi connectivity index (χ3v) is 7.24. The molecule has 1 aromatic heterocycles. The molecular formula is C26H24N4O3S. The summed E-state index contributed by atoms with van der Waals surface area (Å²) in [6.07, 6.45) is 1.34. The van der Waals surface area contributed by atoms with E-state index in [-0.39, 0.29) is 11.4 Å². The fraction of sp³-hybridized carbons (Fsp3) is 0.154. The fourth-order valence-corrected chi connectivity index (χ4v) is 5.57. The molecule has 1 aliphatic carbocycles. The smallest absolute Gasteiger partial charge is 0.269 e. The third kappa shape index (κ3) is 4.20. The summed E-state index contributed by atoms with van der Waals surface area (Å²) < 4.78 is 30.0. The Labute approximate surface area is 198 Å². The lowest BCUT2D eigenvalue weighted by Gasteiger charge is -2.20. The SMILES string of the molecule is Cc1ccc(-n2nc(C(N)=O)c3c2-c2cc(NS(=O)(=O)Cc4ccccc4)ccc2CC3)cc1. The second kappa shape index (κ2) is 8.46. The van der Waals surface area contributed by atoms with Gasteiger partial charge in [-0.3, -0.25) is 9.52 Å². The average molecular weight is 473 g/mol. The normalized spacial score (nSPS) is 12.6. The lowest BCUT2D eigenvalue weighted by atomic mass is 9.88. The van der Waals surface area contributed by atoms with E-state index in [1.54, 1.807) is 22.9 Å². The van der Waals surface area contributed by atoms with Crippen molar-refractivity contribution in [2.75, 3.05) is 4.72 Å². The van der Waals surface area contributed by atoms with Crippen LogP contribution in [-0.2, 0) is 28.6 Å². The highest BCUT2D eigenvalue weighted by atomic mass is 32.2. The maximum absolute atomic E-state index is 12.8. The number of benzene rings is 3. The number of nitrogens with two attached hydrogens (primary N) is 1. The quantitative estimate of drug-likeness (QED) is 0.442. The Morgan fingerprint density at radius 2 is 1.76 bits per heavy atom. The Morgan fingerprint density at radius 3 is 2.47 bits per heavy atom. The predicted octanol–water partition coefficient (Wildman–Crippen LogP) is 3.99. The molecule has 1 amide bonds. The first kappa shape index (κ1) is 21.9. The lowest BCUT2D eigenvalue weighted by molar-refractivity contribution is 0.0994. The molecule has 0 bridgehead atoms. The molecule has 0 unspecified atom stereocenters. The predicted molar refractivity (Wildman–Crippen MR) is 132 cm³/mol. The van der Waals surface area contributed by atoms with Crippen LogP contribution in [0.4, 0.5) is 5.69 Å². The van der Waals surface area contributed by atoms with Crippen molar-refractivity contribution in [2.45, 2.75) is 25.5 Å². The molecule has 0 saturated carbocycles. The minimum atomic E-state index is -3.61. The summed E-state index contributed by atoms with van der Waals surface area (Å²) in [6, 6.07) is 22.4. The van der Waals surface area contributed by atoms with Crippen LogP contribution in [0.5, 0.6) is 0 Å². The van der Waals surface area contributed by atoms with Crippen LogP contribution in [-0.4, -0.2) is 24.1 Å². The van der Waals surface area contributed by atoms with E-state index in [4.69, 9.17) is 5.73 Å². The summed E-state index contributed by atoms with van der Waals surface area (Å²) in [5.41, 5.74) is 12.4. The summed E-state index contributed by atoms with van der Waals surface area (Å²) in [5.74, 6) is -0.700. The number of anilines is 1. The van der Waals surface area contributed by atoms with E-state index in [1.807, 2.05) is 61.5 Å². The third-order valence-electron chi connectivity index (χ3n) is 5.98. The summed E-state index contributed by atoms with van der Waals surface area (Å²) in [5, 5.41) is 4.55. The monoisotopic (exact) mass is 472 g/mol. The van der Waals surface area contributed by atoms with Crippen LogP contribution in [0.2, 0.25) is 0 Å². The standard InChI is InChI=1S/C26H24N4O3S/c1-17-7-12-21(13-8-17)30-25-22(24(28-30)26(27)31)14-10-19-9-11-20(15-23(19)25)29-34(32,33)16-18-5-3-2-4-6-18/h2-9,11-13,15,29H,10,14,16H2,1H3,(H2,27,31). The van der Waals surface area contributed by atoms with Gasteiger partial charge in [0.2, 0.25) is 10.0 Å². The van der Waals surface area contributed by atoms with Crippen molar-refractivity contribution < 1.29 is 13.2 Å². The van der Waals surface area contributed by atoms with E-state index in [9.17, 15) is 13.2 Å². The number of fused-ring (bicyclic) bond motifs is 3.